The topological polar surface area (TPSA) is 104 Å². The normalized spacial score (nSPS) is 9.86. The van der Waals surface area contributed by atoms with Crippen molar-refractivity contribution in [3.63, 3.8) is 0 Å². The van der Waals surface area contributed by atoms with Gasteiger partial charge in [0, 0.05) is 12.8 Å². The van der Waals surface area contributed by atoms with E-state index in [0.717, 1.165) is 12.8 Å². The Balaban J connectivity index is 3.22. The van der Waals surface area contributed by atoms with Gasteiger partial charge in [-0.3, -0.25) is 20.0 Å². The van der Waals surface area contributed by atoms with Gasteiger partial charge in [0.15, 0.2) is 0 Å². The van der Waals surface area contributed by atoms with Gasteiger partial charge >= 0.3 is 0 Å². The van der Waals surface area contributed by atoms with Gasteiger partial charge in [0.1, 0.15) is 0 Å². The monoisotopic (exact) mass is 204 g/mol. The second kappa shape index (κ2) is 7.28. The van der Waals surface area contributed by atoms with E-state index in [1.807, 2.05) is 0 Å². The molecule has 0 aliphatic carbocycles. The van der Waals surface area contributed by atoms with Crippen molar-refractivity contribution in [1.82, 2.24) is 5.23 Å². The van der Waals surface area contributed by atoms with Gasteiger partial charge < -0.3 is 5.73 Å². The second-order valence-corrected chi connectivity index (χ2v) is 3.06. The van der Waals surface area contributed by atoms with Gasteiger partial charge in [0.25, 0.3) is 5.91 Å². The minimum atomic E-state index is -0.722. The van der Waals surface area contributed by atoms with Gasteiger partial charge in [-0.2, -0.15) is 0 Å². The van der Waals surface area contributed by atoms with Crippen molar-refractivity contribution < 1.29 is 20.0 Å². The zero-order valence-electron chi connectivity index (χ0n) is 7.98. The van der Waals surface area contributed by atoms with E-state index in [9.17, 15) is 9.59 Å². The van der Waals surface area contributed by atoms with Crippen LogP contribution in [0.5, 0.6) is 0 Å². The van der Waals surface area contributed by atoms with Crippen LogP contribution in [-0.2, 0) is 9.59 Å². The summed E-state index contributed by atoms with van der Waals surface area (Å²) < 4.78 is 0. The van der Waals surface area contributed by atoms with Gasteiger partial charge in [-0.05, 0) is 12.8 Å². The molecule has 0 aliphatic rings. The molecule has 82 valence electrons. The van der Waals surface area contributed by atoms with E-state index in [1.165, 1.54) is 0 Å². The lowest BCUT2D eigenvalue weighted by Gasteiger charge is -2.04. The summed E-state index contributed by atoms with van der Waals surface area (Å²) in [6.45, 7) is 0. The number of nitrogens with zero attached hydrogens (tertiary/aromatic N) is 1. The predicted molar refractivity (Wildman–Crippen MR) is 47.3 cm³/mol. The summed E-state index contributed by atoms with van der Waals surface area (Å²) in [5.74, 6) is -1.04. The summed E-state index contributed by atoms with van der Waals surface area (Å²) in [7, 11) is 0. The van der Waals surface area contributed by atoms with Gasteiger partial charge in [-0.25, -0.2) is 0 Å². The van der Waals surface area contributed by atoms with Gasteiger partial charge in [-0.1, -0.05) is 18.1 Å². The molecular weight excluding hydrogens is 188 g/mol. The van der Waals surface area contributed by atoms with Gasteiger partial charge in [0.05, 0.1) is 0 Å². The molecule has 2 amide bonds. The van der Waals surface area contributed by atoms with E-state index < -0.39 is 11.1 Å². The first-order valence-electron chi connectivity index (χ1n) is 4.53. The van der Waals surface area contributed by atoms with Crippen LogP contribution in [0.15, 0.2) is 0 Å². The Kier molecular flexibility index (Phi) is 6.69. The molecule has 0 spiro atoms. The van der Waals surface area contributed by atoms with Crippen LogP contribution in [0.4, 0.5) is 0 Å². The van der Waals surface area contributed by atoms with E-state index in [4.69, 9.17) is 16.1 Å². The van der Waals surface area contributed by atoms with E-state index >= 15 is 0 Å². The maximum Gasteiger partial charge on any atom is 0.273 e. The Bertz CT molecular complexity index is 194. The van der Waals surface area contributed by atoms with E-state index in [1.54, 1.807) is 0 Å². The molecule has 0 heterocycles. The number of hydroxylamine groups is 2. The molecule has 0 aromatic rings. The van der Waals surface area contributed by atoms with E-state index in [2.05, 4.69) is 0 Å². The fourth-order valence-electron chi connectivity index (χ4n) is 1.03. The van der Waals surface area contributed by atoms with Crippen molar-refractivity contribution in [3.8, 4) is 0 Å². The number of primary amides is 1. The molecule has 0 fully saturated rings. The average molecular weight is 204 g/mol. The first-order valence-corrected chi connectivity index (χ1v) is 4.53. The molecule has 0 atom stereocenters. The summed E-state index contributed by atoms with van der Waals surface area (Å²) >= 11 is 0. The predicted octanol–water partition coefficient (Wildman–Crippen LogP) is 0.419. The molecule has 0 saturated heterocycles. The molecule has 6 nitrogen and oxygen atoms in total. The number of carbonyl (C=O) groups is 2. The van der Waals surface area contributed by atoms with E-state index in [-0.39, 0.29) is 12.3 Å². The molecule has 0 aromatic heterocycles. The minimum Gasteiger partial charge on any atom is -0.370 e. The fourth-order valence-corrected chi connectivity index (χ4v) is 1.03. The van der Waals surface area contributed by atoms with Crippen molar-refractivity contribution >= 4 is 11.8 Å². The highest BCUT2D eigenvalue weighted by Gasteiger charge is 2.06. The molecule has 0 bridgehead atoms. The molecule has 0 saturated carbocycles. The quantitative estimate of drug-likeness (QED) is 0.317. The van der Waals surface area contributed by atoms with Crippen LogP contribution in [0.3, 0.4) is 0 Å². The van der Waals surface area contributed by atoms with Crippen LogP contribution in [-0.4, -0.2) is 27.5 Å². The molecular formula is C8H16N2O4. The number of hydrogen-bond acceptors (Lipinski definition) is 4. The summed E-state index contributed by atoms with van der Waals surface area (Å²) in [5.41, 5.74) is 4.93. The zero-order chi connectivity index (χ0) is 11.0. The van der Waals surface area contributed by atoms with Crippen LogP contribution >= 0.6 is 0 Å². The Morgan fingerprint density at radius 3 is 1.93 bits per heavy atom. The molecule has 4 N–H and O–H groups in total. The van der Waals surface area contributed by atoms with E-state index in [0.29, 0.717) is 19.3 Å². The first kappa shape index (κ1) is 12.9. The highest BCUT2D eigenvalue weighted by molar-refractivity contribution is 5.73. The van der Waals surface area contributed by atoms with Crippen LogP contribution < -0.4 is 5.73 Å². The smallest absolute Gasteiger partial charge is 0.273 e. The van der Waals surface area contributed by atoms with Gasteiger partial charge in [-0.15, -0.1) is 0 Å². The maximum atomic E-state index is 10.6. The lowest BCUT2D eigenvalue weighted by Crippen LogP contribution is -2.22. The molecule has 0 aromatic carbocycles. The fraction of sp³-hybridized carbons (Fsp3) is 0.750. The van der Waals surface area contributed by atoms with Crippen molar-refractivity contribution in [2.24, 2.45) is 5.73 Å². The third-order valence-electron chi connectivity index (χ3n) is 1.79. The highest BCUT2D eigenvalue weighted by atomic mass is 16.8. The number of unbranched alkanes of at least 4 members (excludes halogenated alkanes) is 3. The summed E-state index contributed by atoms with van der Waals surface area (Å²) in [6.07, 6.45) is 3.34. The van der Waals surface area contributed by atoms with Crippen molar-refractivity contribution in [2.75, 3.05) is 0 Å². The summed E-state index contributed by atoms with van der Waals surface area (Å²) in [5, 5.41) is 16.1. The lowest BCUT2D eigenvalue weighted by molar-refractivity contribution is -0.285. The molecule has 0 aliphatic heterocycles. The molecule has 0 unspecified atom stereocenters. The van der Waals surface area contributed by atoms with Crippen LogP contribution in [0.1, 0.15) is 38.5 Å². The van der Waals surface area contributed by atoms with Crippen molar-refractivity contribution in [3.05, 3.63) is 0 Å². The number of amides is 2. The number of hydrogen-bond donors (Lipinski definition) is 3. The zero-order valence-corrected chi connectivity index (χ0v) is 7.98. The Labute approximate surface area is 82.2 Å². The van der Waals surface area contributed by atoms with Gasteiger partial charge in [0.2, 0.25) is 5.91 Å². The number of rotatable bonds is 7. The summed E-state index contributed by atoms with van der Waals surface area (Å²) in [4.78, 5) is 21.0. The average Bonchev–Trinajstić information content (AvgIpc) is 2.09. The van der Waals surface area contributed by atoms with Crippen molar-refractivity contribution in [1.29, 1.82) is 0 Å². The third-order valence-corrected chi connectivity index (χ3v) is 1.79. The summed E-state index contributed by atoms with van der Waals surface area (Å²) in [6, 6.07) is 0. The largest absolute Gasteiger partial charge is 0.370 e. The van der Waals surface area contributed by atoms with Crippen LogP contribution in [0.25, 0.3) is 0 Å². The Hall–Kier alpha value is -1.14. The molecule has 0 radical (unpaired) electrons. The molecule has 14 heavy (non-hydrogen) atoms. The van der Waals surface area contributed by atoms with Crippen LogP contribution in [0.2, 0.25) is 0 Å². The standard InChI is InChI=1S/C8H16N2O4/c9-7(11)5-3-1-2-4-6-8(12)10(13)14/h13-14H,1-6H2,(H2,9,11). The highest BCUT2D eigenvalue weighted by Crippen LogP contribution is 2.05. The molecule has 6 heteroatoms. The Morgan fingerprint density at radius 2 is 1.50 bits per heavy atom. The SMILES string of the molecule is NC(=O)CCCCCCC(=O)N(O)O. The third kappa shape index (κ3) is 7.51. The first-order chi connectivity index (χ1) is 6.54. The molecule has 0 rings (SSSR count). The second-order valence-electron chi connectivity index (χ2n) is 3.06. The van der Waals surface area contributed by atoms with Crippen molar-refractivity contribution in [2.45, 2.75) is 38.5 Å². The lowest BCUT2D eigenvalue weighted by atomic mass is 10.1. The number of nitrogens with two attached hydrogens (primary N) is 1. The maximum absolute atomic E-state index is 10.6. The number of carbonyl (C=O) groups excluding carboxylic acids is 2. The Morgan fingerprint density at radius 1 is 1.00 bits per heavy atom. The van der Waals surface area contributed by atoms with Crippen LogP contribution in [0, 0.1) is 0 Å². The minimum absolute atomic E-state index is 0.101.